The van der Waals surface area contributed by atoms with E-state index in [0.717, 1.165) is 0 Å². The highest BCUT2D eigenvalue weighted by Crippen LogP contribution is 2.14. The fourth-order valence-corrected chi connectivity index (χ4v) is 1.25. The number of hydrogen-bond acceptors (Lipinski definition) is 3. The molecule has 0 radical (unpaired) electrons. The predicted octanol–water partition coefficient (Wildman–Crippen LogP) is 2.23. The number of aliphatic imine (C=N–C) groups is 1. The molecule has 0 saturated carbocycles. The molecule has 1 aliphatic heterocycles. The molecule has 0 aromatic heterocycles. The number of hydrogen-bond donors (Lipinski definition) is 0. The molecule has 0 aromatic rings. The van der Waals surface area contributed by atoms with Gasteiger partial charge in [-0.05, 0) is 12.3 Å². The van der Waals surface area contributed by atoms with Gasteiger partial charge >= 0.3 is 0 Å². The highest BCUT2D eigenvalue weighted by atomic mass is 16.6. The van der Waals surface area contributed by atoms with Gasteiger partial charge in [-0.3, -0.25) is 0 Å². The molecule has 68 valence electrons. The molecule has 0 saturated heterocycles. The van der Waals surface area contributed by atoms with E-state index < -0.39 is 0 Å². The Morgan fingerprint density at radius 1 is 1.58 bits per heavy atom. The average Bonchev–Trinajstić information content (AvgIpc) is 2.15. The van der Waals surface area contributed by atoms with Crippen molar-refractivity contribution in [1.29, 1.82) is 0 Å². The van der Waals surface area contributed by atoms with E-state index >= 15 is 0 Å². The molecule has 1 rings (SSSR count). The van der Waals surface area contributed by atoms with E-state index in [-0.39, 0.29) is 6.04 Å². The molecular weight excluding hydrogens is 152 g/mol. The summed E-state index contributed by atoms with van der Waals surface area (Å²) in [7, 11) is 0. The van der Waals surface area contributed by atoms with Crippen LogP contribution in [0.2, 0.25) is 0 Å². The Labute approximate surface area is 73.5 Å². The third kappa shape index (κ3) is 2.64. The summed E-state index contributed by atoms with van der Waals surface area (Å²) in [5, 5.41) is 3.71. The molecule has 1 unspecified atom stereocenters. The maximum atomic E-state index is 4.63. The first kappa shape index (κ1) is 9.23. The van der Waals surface area contributed by atoms with Gasteiger partial charge in [0.15, 0.2) is 0 Å². The molecule has 0 bridgehead atoms. The lowest BCUT2D eigenvalue weighted by Gasteiger charge is -2.16. The summed E-state index contributed by atoms with van der Waals surface area (Å²) in [6.07, 6.45) is 6.92. The average molecular weight is 168 g/mol. The quantitative estimate of drug-likeness (QED) is 0.633. The zero-order valence-corrected chi connectivity index (χ0v) is 7.73. The van der Waals surface area contributed by atoms with Gasteiger partial charge in [-0.2, -0.15) is 0 Å². The highest BCUT2D eigenvalue weighted by Gasteiger charge is 2.14. The van der Waals surface area contributed by atoms with Gasteiger partial charge in [0.2, 0.25) is 6.40 Å². The molecule has 1 aliphatic rings. The Kier molecular flexibility index (Phi) is 3.77. The number of nitrogens with zero attached hydrogens (tertiary/aromatic N) is 2. The summed E-state index contributed by atoms with van der Waals surface area (Å²) in [5.41, 5.74) is 0. The van der Waals surface area contributed by atoms with Crippen molar-refractivity contribution in [2.24, 2.45) is 16.1 Å². The lowest BCUT2D eigenvalue weighted by atomic mass is 9.97. The maximum absolute atomic E-state index is 4.63. The van der Waals surface area contributed by atoms with E-state index in [4.69, 9.17) is 0 Å². The Hall–Kier alpha value is -0.860. The smallest absolute Gasteiger partial charge is 0.207 e. The van der Waals surface area contributed by atoms with Gasteiger partial charge in [0.25, 0.3) is 0 Å². The fraction of sp³-hybridized carbons (Fsp3) is 0.778. The lowest BCUT2D eigenvalue weighted by Crippen LogP contribution is -2.20. The second kappa shape index (κ2) is 4.91. The van der Waals surface area contributed by atoms with Crippen LogP contribution in [0.25, 0.3) is 0 Å². The van der Waals surface area contributed by atoms with E-state index in [2.05, 4.69) is 28.8 Å². The van der Waals surface area contributed by atoms with Gasteiger partial charge in [-0.25, -0.2) is 4.99 Å². The maximum Gasteiger partial charge on any atom is 0.207 e. The Morgan fingerprint density at radius 3 is 3.00 bits per heavy atom. The van der Waals surface area contributed by atoms with Gasteiger partial charge in [0.05, 0.1) is 12.3 Å². The van der Waals surface area contributed by atoms with Crippen molar-refractivity contribution in [1.82, 2.24) is 0 Å². The molecule has 12 heavy (non-hydrogen) atoms. The normalized spacial score (nSPS) is 23.7. The van der Waals surface area contributed by atoms with Gasteiger partial charge < -0.3 is 4.84 Å². The van der Waals surface area contributed by atoms with Crippen LogP contribution >= 0.6 is 0 Å². The molecule has 1 heterocycles. The van der Waals surface area contributed by atoms with Gasteiger partial charge in [0.1, 0.15) is 0 Å². The van der Waals surface area contributed by atoms with Crippen molar-refractivity contribution in [3.05, 3.63) is 0 Å². The van der Waals surface area contributed by atoms with E-state index in [1.807, 2.05) is 0 Å². The van der Waals surface area contributed by atoms with Crippen molar-refractivity contribution >= 4 is 12.6 Å². The van der Waals surface area contributed by atoms with Crippen LogP contribution in [0, 0.1) is 5.92 Å². The minimum atomic E-state index is 0.227. The summed E-state index contributed by atoms with van der Waals surface area (Å²) in [6.45, 7) is 4.41. The molecule has 0 aromatic carbocycles. The van der Waals surface area contributed by atoms with E-state index in [1.54, 1.807) is 6.21 Å². The van der Waals surface area contributed by atoms with Crippen molar-refractivity contribution in [3.63, 3.8) is 0 Å². The molecule has 0 N–H and O–H groups in total. The molecule has 3 heteroatoms. The lowest BCUT2D eigenvalue weighted by molar-refractivity contribution is 0.326. The summed E-state index contributed by atoms with van der Waals surface area (Å²) >= 11 is 0. The Morgan fingerprint density at radius 2 is 2.42 bits per heavy atom. The standard InChI is InChI=1S/C9H16N2O/c1-3-4-5-8(2)9-6-11-12-7-10-9/h6-9H,3-5H2,1-2H3/t8?,9-/m1/s1. The topological polar surface area (TPSA) is 34.0 Å². The van der Waals surface area contributed by atoms with Gasteiger partial charge in [-0.15, -0.1) is 0 Å². The minimum absolute atomic E-state index is 0.227. The molecule has 0 spiro atoms. The second-order valence-corrected chi connectivity index (χ2v) is 3.22. The Bertz CT molecular complexity index is 165. The first-order valence-corrected chi connectivity index (χ1v) is 4.55. The SMILES string of the molecule is CCCCC(C)[C@H]1C=NOC=N1. The van der Waals surface area contributed by atoms with Crippen LogP contribution in [0.1, 0.15) is 33.1 Å². The Balaban J connectivity index is 2.30. The number of unbranched alkanes of at least 4 members (excludes halogenated alkanes) is 1. The van der Waals surface area contributed by atoms with Crippen molar-refractivity contribution in [2.75, 3.05) is 0 Å². The van der Waals surface area contributed by atoms with Gasteiger partial charge in [0, 0.05) is 0 Å². The first-order chi connectivity index (χ1) is 5.84. The van der Waals surface area contributed by atoms with Crippen molar-refractivity contribution in [3.8, 4) is 0 Å². The molecule has 0 amide bonds. The summed E-state index contributed by atoms with van der Waals surface area (Å²) in [4.78, 5) is 8.82. The second-order valence-electron chi connectivity index (χ2n) is 3.22. The monoisotopic (exact) mass is 168 g/mol. The highest BCUT2D eigenvalue weighted by molar-refractivity contribution is 5.69. The largest absolute Gasteiger partial charge is 0.345 e. The van der Waals surface area contributed by atoms with E-state index in [0.29, 0.717) is 5.92 Å². The third-order valence-electron chi connectivity index (χ3n) is 2.15. The number of rotatable bonds is 4. The van der Waals surface area contributed by atoms with Crippen LogP contribution in [0.5, 0.6) is 0 Å². The summed E-state index contributed by atoms with van der Waals surface area (Å²) < 4.78 is 0. The molecule has 2 atom stereocenters. The predicted molar refractivity (Wildman–Crippen MR) is 50.5 cm³/mol. The minimum Gasteiger partial charge on any atom is -0.345 e. The third-order valence-corrected chi connectivity index (χ3v) is 2.15. The molecule has 0 fully saturated rings. The summed E-state index contributed by atoms with van der Waals surface area (Å²) in [6, 6.07) is 0.227. The first-order valence-electron chi connectivity index (χ1n) is 4.55. The number of oxime groups is 1. The van der Waals surface area contributed by atoms with Crippen LogP contribution in [-0.4, -0.2) is 18.7 Å². The van der Waals surface area contributed by atoms with Gasteiger partial charge in [-0.1, -0.05) is 31.8 Å². The van der Waals surface area contributed by atoms with Crippen LogP contribution in [0.3, 0.4) is 0 Å². The van der Waals surface area contributed by atoms with Crippen molar-refractivity contribution < 1.29 is 4.84 Å². The zero-order chi connectivity index (χ0) is 8.81. The molecule has 3 nitrogen and oxygen atoms in total. The van der Waals surface area contributed by atoms with Crippen LogP contribution in [-0.2, 0) is 4.84 Å². The summed E-state index contributed by atoms with van der Waals surface area (Å²) in [5.74, 6) is 0.578. The van der Waals surface area contributed by atoms with Crippen LogP contribution in [0.4, 0.5) is 0 Å². The fourth-order valence-electron chi connectivity index (χ4n) is 1.25. The van der Waals surface area contributed by atoms with Crippen molar-refractivity contribution in [2.45, 2.75) is 39.2 Å². The van der Waals surface area contributed by atoms with Crippen LogP contribution < -0.4 is 0 Å². The van der Waals surface area contributed by atoms with Crippen LogP contribution in [0.15, 0.2) is 10.1 Å². The zero-order valence-electron chi connectivity index (χ0n) is 7.73. The molecular formula is C9H16N2O. The molecule has 0 aliphatic carbocycles. The van der Waals surface area contributed by atoms with E-state index in [1.165, 1.54) is 25.7 Å². The van der Waals surface area contributed by atoms with E-state index in [9.17, 15) is 0 Å².